The van der Waals surface area contributed by atoms with Gasteiger partial charge in [-0.05, 0) is 96.3 Å². The number of carbonyl (C=O) groups is 3. The van der Waals surface area contributed by atoms with Crippen molar-refractivity contribution in [2.45, 2.75) is 284 Å². The minimum absolute atomic E-state index is 0.0900. The molecule has 0 aromatic carbocycles. The minimum atomic E-state index is -0.794. The van der Waals surface area contributed by atoms with E-state index in [1.165, 1.54) is 116 Å². The first-order chi connectivity index (χ1) is 37.0. The van der Waals surface area contributed by atoms with Gasteiger partial charge in [-0.15, -0.1) is 0 Å². The van der Waals surface area contributed by atoms with E-state index < -0.39 is 6.10 Å². The van der Waals surface area contributed by atoms with E-state index in [0.717, 1.165) is 122 Å². The quantitative estimate of drug-likeness (QED) is 0.0261. The van der Waals surface area contributed by atoms with Crippen LogP contribution in [0, 0.1) is 0 Å². The van der Waals surface area contributed by atoms with Gasteiger partial charge in [0.2, 0.25) is 0 Å². The third-order valence-corrected chi connectivity index (χ3v) is 13.0. The highest BCUT2D eigenvalue weighted by Crippen LogP contribution is 2.16. The fraction of sp³-hybridized carbons (Fsp3) is 0.667. The molecule has 75 heavy (non-hydrogen) atoms. The first-order valence-electron chi connectivity index (χ1n) is 31.0. The third kappa shape index (κ3) is 60.6. The molecule has 426 valence electrons. The SMILES string of the molecule is CC/C=C\C/C=C\C/C=C\C/C=C\C/C=C\C/C=C\C/C=C\C/C=C\C/C=C\C/C=C\CCCCC(=O)OCC(COC(=O)CCCCCCCCCCC)OC(=O)CCCCCCCCCCCCCCCCC. The minimum Gasteiger partial charge on any atom is -0.462 e. The lowest BCUT2D eigenvalue weighted by Crippen LogP contribution is -2.30. The summed E-state index contributed by atoms with van der Waals surface area (Å²) >= 11 is 0. The predicted molar refractivity (Wildman–Crippen MR) is 325 cm³/mol. The van der Waals surface area contributed by atoms with Crippen molar-refractivity contribution in [3.63, 3.8) is 0 Å². The molecule has 1 unspecified atom stereocenters. The molecule has 0 aliphatic rings. The van der Waals surface area contributed by atoms with Crippen LogP contribution in [0.3, 0.4) is 0 Å². The van der Waals surface area contributed by atoms with Crippen LogP contribution < -0.4 is 0 Å². The zero-order valence-electron chi connectivity index (χ0n) is 48.8. The second kappa shape index (κ2) is 62.4. The van der Waals surface area contributed by atoms with Crippen molar-refractivity contribution >= 4 is 17.9 Å². The number of unbranched alkanes of at least 4 members (excludes halogenated alkanes) is 24. The maximum atomic E-state index is 12.8. The van der Waals surface area contributed by atoms with Crippen molar-refractivity contribution in [3.05, 3.63) is 122 Å². The zero-order valence-corrected chi connectivity index (χ0v) is 48.8. The van der Waals surface area contributed by atoms with Crippen molar-refractivity contribution in [2.75, 3.05) is 13.2 Å². The summed E-state index contributed by atoms with van der Waals surface area (Å²) in [5.74, 6) is -0.935. The zero-order chi connectivity index (χ0) is 54.3. The Hall–Kier alpha value is -4.19. The van der Waals surface area contributed by atoms with Crippen LogP contribution in [-0.2, 0) is 28.6 Å². The van der Waals surface area contributed by atoms with E-state index in [1.807, 2.05) is 0 Å². The van der Waals surface area contributed by atoms with E-state index in [4.69, 9.17) is 14.2 Å². The molecule has 6 nitrogen and oxygen atoms in total. The highest BCUT2D eigenvalue weighted by atomic mass is 16.6. The monoisotopic (exact) mass is 1040 g/mol. The number of esters is 3. The van der Waals surface area contributed by atoms with Crippen molar-refractivity contribution in [3.8, 4) is 0 Å². The maximum absolute atomic E-state index is 12.8. The van der Waals surface area contributed by atoms with Gasteiger partial charge in [-0.25, -0.2) is 0 Å². The largest absolute Gasteiger partial charge is 0.462 e. The summed E-state index contributed by atoms with van der Waals surface area (Å²) in [5, 5.41) is 0. The maximum Gasteiger partial charge on any atom is 0.306 e. The average molecular weight is 1040 g/mol. The van der Waals surface area contributed by atoms with Crippen LogP contribution in [0.1, 0.15) is 278 Å². The van der Waals surface area contributed by atoms with E-state index in [9.17, 15) is 14.4 Å². The average Bonchev–Trinajstić information content (AvgIpc) is 3.41. The van der Waals surface area contributed by atoms with Gasteiger partial charge in [-0.2, -0.15) is 0 Å². The van der Waals surface area contributed by atoms with Gasteiger partial charge in [0.25, 0.3) is 0 Å². The van der Waals surface area contributed by atoms with E-state index in [2.05, 4.69) is 142 Å². The summed E-state index contributed by atoms with van der Waals surface area (Å²) in [5.41, 5.74) is 0. The molecule has 0 fully saturated rings. The molecule has 0 aromatic rings. The van der Waals surface area contributed by atoms with Crippen LogP contribution in [0.5, 0.6) is 0 Å². The summed E-state index contributed by atoms with van der Waals surface area (Å²) in [6.07, 6.45) is 86.4. The number of ether oxygens (including phenoxy) is 3. The Labute approximate surface area is 462 Å². The molecule has 0 aromatic heterocycles. The fourth-order valence-corrected chi connectivity index (χ4v) is 8.35. The van der Waals surface area contributed by atoms with Gasteiger partial charge in [0.05, 0.1) is 0 Å². The highest BCUT2D eigenvalue weighted by Gasteiger charge is 2.19. The predicted octanol–water partition coefficient (Wildman–Crippen LogP) is 21.2. The molecular weight excluding hydrogens is 925 g/mol. The lowest BCUT2D eigenvalue weighted by atomic mass is 10.0. The Morgan fingerprint density at radius 2 is 0.520 bits per heavy atom. The Morgan fingerprint density at radius 1 is 0.280 bits per heavy atom. The van der Waals surface area contributed by atoms with Crippen LogP contribution in [0.4, 0.5) is 0 Å². The molecule has 0 aliphatic heterocycles. The molecule has 0 saturated heterocycles. The highest BCUT2D eigenvalue weighted by molar-refractivity contribution is 5.71. The van der Waals surface area contributed by atoms with Crippen molar-refractivity contribution in [1.82, 2.24) is 0 Å². The Balaban J connectivity index is 4.29. The summed E-state index contributed by atoms with van der Waals surface area (Å²) in [6, 6.07) is 0. The molecule has 0 aliphatic carbocycles. The number of carbonyl (C=O) groups excluding carboxylic acids is 3. The second-order valence-electron chi connectivity index (χ2n) is 20.2. The van der Waals surface area contributed by atoms with Crippen LogP contribution >= 0.6 is 0 Å². The van der Waals surface area contributed by atoms with Crippen LogP contribution in [0.25, 0.3) is 0 Å². The standard InChI is InChI=1S/C69H114O6/c1-4-7-10-13-16-19-21-23-25-26-27-28-29-30-31-32-33-34-35-36-37-38-39-40-41-42-44-45-47-50-53-56-59-62-68(71)74-65-66(64-73-67(70)61-58-55-52-49-18-15-12-9-6-3)75-69(72)63-60-57-54-51-48-46-43-24-22-20-17-14-11-8-5-2/h7,10,16,19,23,25,27-28,30-31,33-34,36-37,39-40,42,44,47,50,66H,4-6,8-9,11-15,17-18,20-22,24,26,29,32,35,38,41,43,45-46,48-49,51-65H2,1-3H3/b10-7-,19-16-,25-23-,28-27-,31-30-,34-33-,37-36-,40-39-,44-42-,50-47-. The second-order valence-corrected chi connectivity index (χ2v) is 20.2. The van der Waals surface area contributed by atoms with Crippen LogP contribution in [0.2, 0.25) is 0 Å². The van der Waals surface area contributed by atoms with Gasteiger partial charge in [0.15, 0.2) is 6.10 Å². The van der Waals surface area contributed by atoms with Gasteiger partial charge < -0.3 is 14.2 Å². The molecular formula is C69H114O6. The van der Waals surface area contributed by atoms with Gasteiger partial charge in [-0.3, -0.25) is 14.4 Å². The lowest BCUT2D eigenvalue weighted by Gasteiger charge is -2.18. The first kappa shape index (κ1) is 70.8. The lowest BCUT2D eigenvalue weighted by molar-refractivity contribution is -0.167. The van der Waals surface area contributed by atoms with E-state index >= 15 is 0 Å². The van der Waals surface area contributed by atoms with Crippen LogP contribution in [-0.4, -0.2) is 37.2 Å². The molecule has 0 spiro atoms. The molecule has 0 amide bonds. The summed E-state index contributed by atoms with van der Waals surface area (Å²) < 4.78 is 16.8. The van der Waals surface area contributed by atoms with E-state index in [0.29, 0.717) is 19.3 Å². The van der Waals surface area contributed by atoms with Gasteiger partial charge >= 0.3 is 17.9 Å². The molecule has 0 radical (unpaired) electrons. The van der Waals surface area contributed by atoms with Gasteiger partial charge in [0, 0.05) is 19.3 Å². The van der Waals surface area contributed by atoms with Crippen molar-refractivity contribution in [2.24, 2.45) is 0 Å². The molecule has 0 saturated carbocycles. The molecule has 0 bridgehead atoms. The number of rotatable bonds is 55. The smallest absolute Gasteiger partial charge is 0.306 e. The molecule has 1 atom stereocenters. The van der Waals surface area contributed by atoms with Crippen LogP contribution in [0.15, 0.2) is 122 Å². The van der Waals surface area contributed by atoms with Crippen molar-refractivity contribution in [1.29, 1.82) is 0 Å². The van der Waals surface area contributed by atoms with Gasteiger partial charge in [0.1, 0.15) is 13.2 Å². The summed E-state index contributed by atoms with van der Waals surface area (Å²) in [6.45, 7) is 6.48. The molecule has 0 heterocycles. The number of allylic oxidation sites excluding steroid dienone is 20. The molecule has 0 rings (SSSR count). The Morgan fingerprint density at radius 3 is 0.813 bits per heavy atom. The Kier molecular flexibility index (Phi) is 58.9. The van der Waals surface area contributed by atoms with Crippen molar-refractivity contribution < 1.29 is 28.6 Å². The third-order valence-electron chi connectivity index (χ3n) is 13.0. The summed E-state index contributed by atoms with van der Waals surface area (Å²) in [7, 11) is 0. The topological polar surface area (TPSA) is 78.9 Å². The molecule has 6 heteroatoms. The number of hydrogen-bond donors (Lipinski definition) is 0. The van der Waals surface area contributed by atoms with E-state index in [1.54, 1.807) is 0 Å². The summed E-state index contributed by atoms with van der Waals surface area (Å²) in [4.78, 5) is 38.1. The van der Waals surface area contributed by atoms with Gasteiger partial charge in [-0.1, -0.05) is 284 Å². The number of hydrogen-bond acceptors (Lipinski definition) is 6. The van der Waals surface area contributed by atoms with E-state index in [-0.39, 0.29) is 31.1 Å². The Bertz CT molecular complexity index is 1570. The fourth-order valence-electron chi connectivity index (χ4n) is 8.35. The first-order valence-corrected chi connectivity index (χ1v) is 31.0. The molecule has 0 N–H and O–H groups in total. The normalized spacial score (nSPS) is 12.9.